The zero-order valence-corrected chi connectivity index (χ0v) is 15.7. The van der Waals surface area contributed by atoms with Crippen LogP contribution in [0.25, 0.3) is 5.57 Å². The Kier molecular flexibility index (Phi) is 4.89. The molecule has 1 aromatic heterocycles. The van der Waals surface area contributed by atoms with Gasteiger partial charge < -0.3 is 4.90 Å². The Bertz CT molecular complexity index is 869. The topological polar surface area (TPSA) is 57.6 Å². The number of anilines is 1. The molecule has 1 aliphatic rings. The van der Waals surface area contributed by atoms with Gasteiger partial charge in [0.1, 0.15) is 0 Å². The summed E-state index contributed by atoms with van der Waals surface area (Å²) in [5, 5.41) is 4.07. The van der Waals surface area contributed by atoms with Crippen molar-refractivity contribution in [2.75, 3.05) is 11.4 Å². The molecule has 0 aliphatic carbocycles. The van der Waals surface area contributed by atoms with Crippen molar-refractivity contribution >= 4 is 23.4 Å². The molecule has 1 aromatic carbocycles. The molecule has 5 nitrogen and oxygen atoms in total. The summed E-state index contributed by atoms with van der Waals surface area (Å²) >= 11 is 0. The van der Waals surface area contributed by atoms with E-state index >= 15 is 0 Å². The molecule has 0 fully saturated rings. The quantitative estimate of drug-likeness (QED) is 0.674. The second-order valence-corrected chi connectivity index (χ2v) is 6.94. The Labute approximate surface area is 154 Å². The van der Waals surface area contributed by atoms with Crippen molar-refractivity contribution in [1.29, 1.82) is 0 Å². The van der Waals surface area contributed by atoms with Crippen LogP contribution in [-0.4, -0.2) is 29.2 Å². The number of hydrazone groups is 1. The molecule has 5 heteroatoms. The van der Waals surface area contributed by atoms with E-state index in [1.165, 1.54) is 23.0 Å². The van der Waals surface area contributed by atoms with E-state index in [9.17, 15) is 4.79 Å². The first kappa shape index (κ1) is 17.9. The average molecular weight is 348 g/mol. The number of pyridine rings is 1. The van der Waals surface area contributed by atoms with Gasteiger partial charge in [-0.3, -0.25) is 9.78 Å². The van der Waals surface area contributed by atoms with E-state index in [4.69, 9.17) is 0 Å². The smallest absolute Gasteiger partial charge is 0.272 e. The second-order valence-electron chi connectivity index (χ2n) is 6.94. The monoisotopic (exact) mass is 348 g/mol. The summed E-state index contributed by atoms with van der Waals surface area (Å²) in [6.07, 6.45) is 7.10. The van der Waals surface area contributed by atoms with Crippen LogP contribution < -0.4 is 10.3 Å². The van der Waals surface area contributed by atoms with Gasteiger partial charge in [-0.2, -0.15) is 5.10 Å². The Morgan fingerprint density at radius 3 is 2.85 bits per heavy atom. The molecule has 0 bridgehead atoms. The first-order valence-electron chi connectivity index (χ1n) is 8.77. The van der Waals surface area contributed by atoms with Crippen LogP contribution in [0.1, 0.15) is 49.2 Å². The van der Waals surface area contributed by atoms with Gasteiger partial charge in [-0.05, 0) is 63.1 Å². The van der Waals surface area contributed by atoms with E-state index in [1.807, 2.05) is 6.07 Å². The predicted molar refractivity (Wildman–Crippen MR) is 106 cm³/mol. The number of hydrogen-bond donors (Lipinski definition) is 1. The van der Waals surface area contributed by atoms with Gasteiger partial charge in [0.25, 0.3) is 5.91 Å². The highest BCUT2D eigenvalue weighted by molar-refractivity contribution is 5.95. The molecule has 0 atom stereocenters. The Hall–Kier alpha value is -2.95. The first-order chi connectivity index (χ1) is 12.4. The molecule has 134 valence electrons. The number of nitrogens with zero attached hydrogens (tertiary/aromatic N) is 3. The molecule has 2 aromatic rings. The average Bonchev–Trinajstić information content (AvgIpc) is 2.62. The maximum absolute atomic E-state index is 12.0. The molecular formula is C21H24N4O. The molecule has 0 saturated carbocycles. The third kappa shape index (κ3) is 3.52. The fourth-order valence-corrected chi connectivity index (χ4v) is 3.49. The highest BCUT2D eigenvalue weighted by Gasteiger charge is 2.29. The summed E-state index contributed by atoms with van der Waals surface area (Å²) in [5.41, 5.74) is 7.65. The van der Waals surface area contributed by atoms with Gasteiger partial charge in [-0.25, -0.2) is 5.43 Å². The van der Waals surface area contributed by atoms with Gasteiger partial charge in [0.2, 0.25) is 0 Å². The van der Waals surface area contributed by atoms with Gasteiger partial charge >= 0.3 is 0 Å². The molecular weight excluding hydrogens is 324 g/mol. The Morgan fingerprint density at radius 2 is 2.15 bits per heavy atom. The molecule has 26 heavy (non-hydrogen) atoms. The first-order valence-corrected chi connectivity index (χ1v) is 8.77. The van der Waals surface area contributed by atoms with Crippen molar-refractivity contribution in [2.45, 2.75) is 33.2 Å². The lowest BCUT2D eigenvalue weighted by Gasteiger charge is -2.42. The van der Waals surface area contributed by atoms with E-state index in [0.717, 1.165) is 12.1 Å². The number of carbonyl (C=O) groups is 1. The lowest BCUT2D eigenvalue weighted by molar-refractivity contribution is 0.0955. The minimum atomic E-state index is -0.276. The lowest BCUT2D eigenvalue weighted by Crippen LogP contribution is -2.44. The zero-order valence-electron chi connectivity index (χ0n) is 15.7. The lowest BCUT2D eigenvalue weighted by atomic mass is 9.88. The van der Waals surface area contributed by atoms with Gasteiger partial charge in [0.05, 0.1) is 17.3 Å². The fraction of sp³-hybridized carbons (Fsp3) is 0.286. The summed E-state index contributed by atoms with van der Waals surface area (Å²) in [5.74, 6) is -0.276. The van der Waals surface area contributed by atoms with Gasteiger partial charge in [-0.1, -0.05) is 12.1 Å². The van der Waals surface area contributed by atoms with Gasteiger partial charge in [0.15, 0.2) is 0 Å². The van der Waals surface area contributed by atoms with Crippen LogP contribution in [0.3, 0.4) is 0 Å². The van der Waals surface area contributed by atoms with Crippen LogP contribution in [0.4, 0.5) is 5.69 Å². The molecule has 0 radical (unpaired) electrons. The van der Waals surface area contributed by atoms with Gasteiger partial charge in [-0.15, -0.1) is 0 Å². The van der Waals surface area contributed by atoms with E-state index in [1.54, 1.807) is 24.5 Å². The summed E-state index contributed by atoms with van der Waals surface area (Å²) in [4.78, 5) is 18.3. The summed E-state index contributed by atoms with van der Waals surface area (Å²) in [6.45, 7) is 9.71. The van der Waals surface area contributed by atoms with Crippen molar-refractivity contribution in [2.24, 2.45) is 5.10 Å². The number of likely N-dealkylation sites (N-methyl/N-ethyl adjacent to an activating group) is 1. The standard InChI is InChI=1S/C21H24N4O/c1-5-25-19-9-8-16(11-18(19)15(2)12-21(25,3)4)13-23-24-20(26)17-7-6-10-22-14-17/h6-14H,5H2,1-4H3,(H,24,26)/b23-13+. The van der Waals surface area contributed by atoms with E-state index < -0.39 is 0 Å². The number of allylic oxidation sites excluding steroid dienone is 1. The molecule has 0 spiro atoms. The number of hydrogen-bond acceptors (Lipinski definition) is 4. The van der Waals surface area contributed by atoms with Crippen LogP contribution in [0, 0.1) is 0 Å². The minimum Gasteiger partial charge on any atom is -0.363 e. The number of amides is 1. The summed E-state index contributed by atoms with van der Waals surface area (Å²) in [7, 11) is 0. The second kappa shape index (κ2) is 7.12. The SMILES string of the molecule is CCN1c2ccc(/C=N/NC(=O)c3cccnc3)cc2C(C)=CC1(C)C. The molecule has 0 saturated heterocycles. The van der Waals surface area contributed by atoms with Crippen molar-refractivity contribution < 1.29 is 4.79 Å². The molecule has 1 N–H and O–H groups in total. The number of rotatable bonds is 4. The van der Waals surface area contributed by atoms with Crippen molar-refractivity contribution in [1.82, 2.24) is 10.4 Å². The van der Waals surface area contributed by atoms with Crippen molar-refractivity contribution in [3.8, 4) is 0 Å². The van der Waals surface area contributed by atoms with Crippen molar-refractivity contribution in [3.05, 3.63) is 65.5 Å². The zero-order chi connectivity index (χ0) is 18.7. The maximum atomic E-state index is 12.0. The number of aromatic nitrogens is 1. The van der Waals surface area contributed by atoms with Crippen molar-refractivity contribution in [3.63, 3.8) is 0 Å². The van der Waals surface area contributed by atoms with Crippen LogP contribution in [0.5, 0.6) is 0 Å². The van der Waals surface area contributed by atoms with Crippen LogP contribution in [-0.2, 0) is 0 Å². The summed E-state index contributed by atoms with van der Waals surface area (Å²) in [6, 6.07) is 9.68. The highest BCUT2D eigenvalue weighted by atomic mass is 16.2. The third-order valence-electron chi connectivity index (χ3n) is 4.62. The summed E-state index contributed by atoms with van der Waals surface area (Å²) < 4.78 is 0. The molecule has 1 aliphatic heterocycles. The molecule has 1 amide bonds. The van der Waals surface area contributed by atoms with Gasteiger partial charge in [0, 0.05) is 30.2 Å². The molecule has 3 rings (SSSR count). The van der Waals surface area contributed by atoms with Crippen LogP contribution >= 0.6 is 0 Å². The van der Waals surface area contributed by atoms with E-state index in [0.29, 0.717) is 5.56 Å². The van der Waals surface area contributed by atoms with Crippen LogP contribution in [0.15, 0.2) is 53.9 Å². The largest absolute Gasteiger partial charge is 0.363 e. The minimum absolute atomic E-state index is 0.000860. The van der Waals surface area contributed by atoms with Crippen LogP contribution in [0.2, 0.25) is 0 Å². The Morgan fingerprint density at radius 1 is 1.35 bits per heavy atom. The third-order valence-corrected chi connectivity index (χ3v) is 4.62. The number of fused-ring (bicyclic) bond motifs is 1. The number of carbonyl (C=O) groups excluding carboxylic acids is 1. The molecule has 2 heterocycles. The highest BCUT2D eigenvalue weighted by Crippen LogP contribution is 2.38. The number of nitrogens with one attached hydrogen (secondary N) is 1. The van der Waals surface area contributed by atoms with E-state index in [2.05, 4.69) is 66.3 Å². The fourth-order valence-electron chi connectivity index (χ4n) is 3.49. The normalized spacial score (nSPS) is 15.5. The van der Waals surface area contributed by atoms with E-state index in [-0.39, 0.29) is 11.4 Å². The predicted octanol–water partition coefficient (Wildman–Crippen LogP) is 3.87. The molecule has 0 unspecified atom stereocenters. The number of benzene rings is 1. The maximum Gasteiger partial charge on any atom is 0.272 e. The Balaban J connectivity index is 1.79.